The van der Waals surface area contributed by atoms with Crippen LogP contribution in [0.3, 0.4) is 0 Å². The van der Waals surface area contributed by atoms with E-state index in [1.807, 2.05) is 31.1 Å². The molecule has 35 heavy (non-hydrogen) atoms. The van der Waals surface area contributed by atoms with E-state index in [4.69, 9.17) is 4.74 Å². The number of rotatable bonds is 7. The Balaban J connectivity index is 1.44. The average molecular weight is 491 g/mol. The highest BCUT2D eigenvalue weighted by Crippen LogP contribution is 2.32. The Labute approximate surface area is 204 Å². The fourth-order valence-corrected chi connectivity index (χ4v) is 5.08. The third kappa shape index (κ3) is 6.73. The first-order chi connectivity index (χ1) is 16.7. The molecule has 3 heterocycles. The fraction of sp³-hybridized carbons (Fsp3) is 0.538. The predicted molar refractivity (Wildman–Crippen MR) is 127 cm³/mol. The number of likely N-dealkylation sites (tertiary alicyclic amines) is 2. The smallest absolute Gasteiger partial charge is 0.416 e. The lowest BCUT2D eigenvalue weighted by Gasteiger charge is -2.38. The number of halogens is 3. The molecule has 0 radical (unpaired) electrons. The minimum Gasteiger partial charge on any atom is -0.493 e. The molecule has 3 atom stereocenters. The van der Waals surface area contributed by atoms with E-state index in [1.165, 1.54) is 6.07 Å². The van der Waals surface area contributed by atoms with Crippen molar-refractivity contribution >= 4 is 5.91 Å². The number of carbonyl (C=O) groups excluding carboxylic acids is 1. The standard InChI is InChI=1S/C26H33F3N4O2/c1-31(2)23-8-11-33(17-23)25(34)21-12-20(15-32(16-21)14-19-6-9-30-10-7-19)18-35-24-5-3-4-22(13-24)26(27,28)29/h3-7,9-10,13,20-21,23H,8,11-12,14-18H2,1-2H3/t20-,21+,23?/m0/s1. The molecule has 2 fully saturated rings. The van der Waals surface area contributed by atoms with E-state index in [2.05, 4.69) is 14.8 Å². The predicted octanol–water partition coefficient (Wildman–Crippen LogP) is 3.78. The van der Waals surface area contributed by atoms with Gasteiger partial charge in [-0.3, -0.25) is 14.7 Å². The van der Waals surface area contributed by atoms with Crippen LogP contribution in [-0.4, -0.2) is 78.5 Å². The first-order valence-corrected chi connectivity index (χ1v) is 12.1. The minimum absolute atomic E-state index is 0.0290. The third-order valence-corrected chi connectivity index (χ3v) is 6.97. The van der Waals surface area contributed by atoms with Crippen molar-refractivity contribution in [2.45, 2.75) is 31.6 Å². The van der Waals surface area contributed by atoms with Crippen molar-refractivity contribution in [2.24, 2.45) is 11.8 Å². The van der Waals surface area contributed by atoms with Gasteiger partial charge in [0.15, 0.2) is 0 Å². The summed E-state index contributed by atoms with van der Waals surface area (Å²) in [6.45, 7) is 3.81. The summed E-state index contributed by atoms with van der Waals surface area (Å²) in [5.74, 6) is 0.225. The molecule has 0 N–H and O–H groups in total. The summed E-state index contributed by atoms with van der Waals surface area (Å²) in [4.78, 5) is 23.9. The van der Waals surface area contributed by atoms with Crippen LogP contribution in [-0.2, 0) is 17.5 Å². The molecular formula is C26H33F3N4O2. The van der Waals surface area contributed by atoms with Crippen molar-refractivity contribution in [3.8, 4) is 5.75 Å². The van der Waals surface area contributed by atoms with Crippen LogP contribution >= 0.6 is 0 Å². The molecule has 4 rings (SSSR count). The summed E-state index contributed by atoms with van der Waals surface area (Å²) >= 11 is 0. The molecule has 0 saturated carbocycles. The second-order valence-electron chi connectivity index (χ2n) is 9.88. The zero-order valence-corrected chi connectivity index (χ0v) is 20.2. The zero-order valence-electron chi connectivity index (χ0n) is 20.2. The van der Waals surface area contributed by atoms with Gasteiger partial charge in [-0.1, -0.05) is 6.07 Å². The van der Waals surface area contributed by atoms with Crippen molar-refractivity contribution in [1.29, 1.82) is 0 Å². The maximum atomic E-state index is 13.4. The van der Waals surface area contributed by atoms with E-state index >= 15 is 0 Å². The topological polar surface area (TPSA) is 48.9 Å². The molecule has 0 bridgehead atoms. The Morgan fingerprint density at radius 1 is 1.14 bits per heavy atom. The summed E-state index contributed by atoms with van der Waals surface area (Å²) in [5.41, 5.74) is 0.384. The number of ether oxygens (including phenoxy) is 1. The molecule has 1 aromatic heterocycles. The Morgan fingerprint density at radius 3 is 2.60 bits per heavy atom. The van der Waals surface area contributed by atoms with Crippen molar-refractivity contribution in [2.75, 3.05) is 46.9 Å². The van der Waals surface area contributed by atoms with E-state index in [0.29, 0.717) is 32.1 Å². The molecule has 2 aromatic rings. The average Bonchev–Trinajstić information content (AvgIpc) is 3.33. The summed E-state index contributed by atoms with van der Waals surface area (Å²) < 4.78 is 45.0. The SMILES string of the molecule is CN(C)C1CCN(C(=O)[C@@H]2C[C@H](COc3cccc(C(F)(F)F)c3)CN(Cc3ccncc3)C2)C1. The van der Waals surface area contributed by atoms with Crippen LogP contribution in [0.2, 0.25) is 0 Å². The molecule has 0 aliphatic carbocycles. The van der Waals surface area contributed by atoms with Gasteiger partial charge in [0.05, 0.1) is 18.1 Å². The van der Waals surface area contributed by atoms with Gasteiger partial charge in [-0.25, -0.2) is 0 Å². The van der Waals surface area contributed by atoms with Gasteiger partial charge in [-0.05, 0) is 62.8 Å². The van der Waals surface area contributed by atoms with E-state index in [1.54, 1.807) is 18.5 Å². The number of alkyl halides is 3. The number of likely N-dealkylation sites (N-methyl/N-ethyl adjacent to an activating group) is 1. The normalized spacial score (nSPS) is 23.6. The number of aromatic nitrogens is 1. The minimum atomic E-state index is -4.41. The molecule has 2 aliphatic rings. The van der Waals surface area contributed by atoms with E-state index in [-0.39, 0.29) is 30.1 Å². The van der Waals surface area contributed by atoms with Gasteiger partial charge < -0.3 is 14.5 Å². The Hall–Kier alpha value is -2.65. The van der Waals surface area contributed by atoms with Crippen LogP contribution in [0.1, 0.15) is 24.0 Å². The molecule has 9 heteroatoms. The summed E-state index contributed by atoms with van der Waals surface area (Å²) in [6.07, 6.45) is 0.717. The van der Waals surface area contributed by atoms with Crippen LogP contribution in [0, 0.1) is 11.8 Å². The zero-order chi connectivity index (χ0) is 25.0. The third-order valence-electron chi connectivity index (χ3n) is 6.97. The van der Waals surface area contributed by atoms with Crippen molar-refractivity contribution in [3.63, 3.8) is 0 Å². The van der Waals surface area contributed by atoms with Crippen LogP contribution < -0.4 is 4.74 Å². The number of piperidine rings is 1. The lowest BCUT2D eigenvalue weighted by atomic mass is 9.88. The molecule has 190 valence electrons. The molecule has 1 amide bonds. The van der Waals surface area contributed by atoms with Crippen LogP contribution in [0.15, 0.2) is 48.8 Å². The van der Waals surface area contributed by atoms with Crippen LogP contribution in [0.5, 0.6) is 5.75 Å². The number of carbonyl (C=O) groups is 1. The van der Waals surface area contributed by atoms with E-state index in [0.717, 1.165) is 37.2 Å². The highest BCUT2D eigenvalue weighted by Gasteiger charge is 2.37. The van der Waals surface area contributed by atoms with Crippen molar-refractivity contribution < 1.29 is 22.7 Å². The Morgan fingerprint density at radius 2 is 1.91 bits per heavy atom. The number of hydrogen-bond acceptors (Lipinski definition) is 5. The highest BCUT2D eigenvalue weighted by molar-refractivity contribution is 5.79. The number of hydrogen-bond donors (Lipinski definition) is 0. The first kappa shape index (κ1) is 25.4. The van der Waals surface area contributed by atoms with Gasteiger partial charge in [-0.2, -0.15) is 13.2 Å². The number of amides is 1. The van der Waals surface area contributed by atoms with Gasteiger partial charge in [0.1, 0.15) is 5.75 Å². The molecule has 1 unspecified atom stereocenters. The largest absolute Gasteiger partial charge is 0.493 e. The van der Waals surface area contributed by atoms with Gasteiger partial charge in [0, 0.05) is 57.1 Å². The van der Waals surface area contributed by atoms with Gasteiger partial charge in [0.25, 0.3) is 0 Å². The summed E-state index contributed by atoms with van der Waals surface area (Å²) in [7, 11) is 4.08. The fourth-order valence-electron chi connectivity index (χ4n) is 5.08. The van der Waals surface area contributed by atoms with E-state index in [9.17, 15) is 18.0 Å². The Bertz CT molecular complexity index is 986. The second kappa shape index (κ2) is 11.0. The van der Waals surface area contributed by atoms with Gasteiger partial charge >= 0.3 is 6.18 Å². The maximum absolute atomic E-state index is 13.4. The number of benzene rings is 1. The molecule has 6 nitrogen and oxygen atoms in total. The van der Waals surface area contributed by atoms with Gasteiger partial charge in [-0.15, -0.1) is 0 Å². The molecular weight excluding hydrogens is 457 g/mol. The van der Waals surface area contributed by atoms with Crippen molar-refractivity contribution in [1.82, 2.24) is 19.7 Å². The molecule has 0 spiro atoms. The second-order valence-corrected chi connectivity index (χ2v) is 9.88. The molecule has 2 saturated heterocycles. The Kier molecular flexibility index (Phi) is 7.96. The lowest BCUT2D eigenvalue weighted by molar-refractivity contribution is -0.138. The number of pyridine rings is 1. The number of nitrogens with zero attached hydrogens (tertiary/aromatic N) is 4. The molecule has 1 aromatic carbocycles. The van der Waals surface area contributed by atoms with Crippen LogP contribution in [0.25, 0.3) is 0 Å². The van der Waals surface area contributed by atoms with E-state index < -0.39 is 11.7 Å². The van der Waals surface area contributed by atoms with Crippen LogP contribution in [0.4, 0.5) is 13.2 Å². The highest BCUT2D eigenvalue weighted by atomic mass is 19.4. The maximum Gasteiger partial charge on any atom is 0.416 e. The van der Waals surface area contributed by atoms with Gasteiger partial charge in [0.2, 0.25) is 5.91 Å². The summed E-state index contributed by atoms with van der Waals surface area (Å²) in [5, 5.41) is 0. The van der Waals surface area contributed by atoms with Crippen molar-refractivity contribution in [3.05, 3.63) is 59.9 Å². The lowest BCUT2D eigenvalue weighted by Crippen LogP contribution is -2.48. The molecule has 2 aliphatic heterocycles. The first-order valence-electron chi connectivity index (χ1n) is 12.1. The summed E-state index contributed by atoms with van der Waals surface area (Å²) in [6, 6.07) is 9.26. The monoisotopic (exact) mass is 490 g/mol. The quantitative estimate of drug-likeness (QED) is 0.591.